The SMILES string of the molecule is C[C@H](OC(=O)[C@H]1CCS(=O)(=O)C1)C(=O)c1c[nH]c2ccccc12. The van der Waals surface area contributed by atoms with Gasteiger partial charge in [-0.1, -0.05) is 18.2 Å². The lowest BCUT2D eigenvalue weighted by Gasteiger charge is -2.14. The number of rotatable bonds is 4. The highest BCUT2D eigenvalue weighted by Crippen LogP contribution is 2.23. The van der Waals surface area contributed by atoms with Gasteiger partial charge in [0.05, 0.1) is 17.4 Å². The Bertz CT molecular complexity index is 867. The maximum Gasteiger partial charge on any atom is 0.310 e. The molecule has 23 heavy (non-hydrogen) atoms. The fourth-order valence-electron chi connectivity index (χ4n) is 2.80. The number of ketones is 1. The molecular formula is C16H17NO5S. The summed E-state index contributed by atoms with van der Waals surface area (Å²) >= 11 is 0. The number of aromatic nitrogens is 1. The van der Waals surface area contributed by atoms with Gasteiger partial charge in [0.1, 0.15) is 0 Å². The van der Waals surface area contributed by atoms with Gasteiger partial charge in [0.2, 0.25) is 5.78 Å². The lowest BCUT2D eigenvalue weighted by molar-refractivity contribution is -0.150. The molecule has 0 aliphatic carbocycles. The Morgan fingerprint density at radius 3 is 2.74 bits per heavy atom. The summed E-state index contributed by atoms with van der Waals surface area (Å²) in [6.07, 6.45) is 0.900. The van der Waals surface area contributed by atoms with Gasteiger partial charge < -0.3 is 9.72 Å². The molecule has 2 atom stereocenters. The summed E-state index contributed by atoms with van der Waals surface area (Å²) in [6.45, 7) is 1.51. The standard InChI is InChI=1S/C16H17NO5S/c1-10(22-16(19)11-6-7-23(20,21)9-11)15(18)13-8-17-14-5-3-2-4-12(13)14/h2-5,8,10-11,17H,6-7,9H2,1H3/t10-,11-/m0/s1. The quantitative estimate of drug-likeness (QED) is 0.678. The number of sulfone groups is 1. The minimum absolute atomic E-state index is 0.00244. The summed E-state index contributed by atoms with van der Waals surface area (Å²) in [6, 6.07) is 7.35. The zero-order valence-electron chi connectivity index (χ0n) is 12.6. The number of para-hydroxylation sites is 1. The average molecular weight is 335 g/mol. The number of H-pyrrole nitrogens is 1. The van der Waals surface area contributed by atoms with Gasteiger partial charge in [-0.3, -0.25) is 9.59 Å². The highest BCUT2D eigenvalue weighted by Gasteiger charge is 2.35. The van der Waals surface area contributed by atoms with Gasteiger partial charge in [-0.15, -0.1) is 0 Å². The molecule has 1 fully saturated rings. The van der Waals surface area contributed by atoms with Crippen molar-refractivity contribution in [3.05, 3.63) is 36.0 Å². The Morgan fingerprint density at radius 2 is 2.04 bits per heavy atom. The number of nitrogens with one attached hydrogen (secondary N) is 1. The lowest BCUT2D eigenvalue weighted by Crippen LogP contribution is -2.28. The van der Waals surface area contributed by atoms with Crippen molar-refractivity contribution in [2.24, 2.45) is 5.92 Å². The Hall–Kier alpha value is -2.15. The molecular weight excluding hydrogens is 318 g/mol. The van der Waals surface area contributed by atoms with Crippen LogP contribution in [0.4, 0.5) is 0 Å². The molecule has 1 aromatic heterocycles. The van der Waals surface area contributed by atoms with Crippen molar-refractivity contribution < 1.29 is 22.7 Å². The molecule has 1 aliphatic heterocycles. The molecule has 122 valence electrons. The Balaban J connectivity index is 1.72. The van der Waals surface area contributed by atoms with Crippen LogP contribution in [-0.4, -0.2) is 42.8 Å². The second-order valence-electron chi connectivity index (χ2n) is 5.79. The van der Waals surface area contributed by atoms with Gasteiger partial charge in [0.15, 0.2) is 15.9 Å². The number of Topliss-reactive ketones (excluding diaryl/α,β-unsaturated/α-hetero) is 1. The van der Waals surface area contributed by atoms with E-state index in [0.29, 0.717) is 5.56 Å². The van der Waals surface area contributed by atoms with Crippen LogP contribution in [0.5, 0.6) is 0 Å². The van der Waals surface area contributed by atoms with E-state index in [2.05, 4.69) is 4.98 Å². The first-order valence-electron chi connectivity index (χ1n) is 7.38. The molecule has 0 unspecified atom stereocenters. The molecule has 0 amide bonds. The zero-order valence-corrected chi connectivity index (χ0v) is 13.4. The van der Waals surface area contributed by atoms with Gasteiger partial charge in [0, 0.05) is 22.7 Å². The molecule has 0 radical (unpaired) electrons. The Morgan fingerprint density at radius 1 is 1.30 bits per heavy atom. The van der Waals surface area contributed by atoms with Crippen molar-refractivity contribution in [1.82, 2.24) is 4.98 Å². The van der Waals surface area contributed by atoms with Crippen LogP contribution in [0.3, 0.4) is 0 Å². The molecule has 2 aromatic rings. The van der Waals surface area contributed by atoms with Gasteiger partial charge >= 0.3 is 5.97 Å². The topological polar surface area (TPSA) is 93.3 Å². The van der Waals surface area contributed by atoms with E-state index in [-0.39, 0.29) is 23.7 Å². The number of hydrogen-bond donors (Lipinski definition) is 1. The van der Waals surface area contributed by atoms with Crippen molar-refractivity contribution in [2.45, 2.75) is 19.4 Å². The molecule has 0 bridgehead atoms. The first-order chi connectivity index (χ1) is 10.9. The van der Waals surface area contributed by atoms with Crippen LogP contribution in [0.25, 0.3) is 10.9 Å². The number of carbonyl (C=O) groups is 2. The van der Waals surface area contributed by atoms with Crippen molar-refractivity contribution in [1.29, 1.82) is 0 Å². The van der Waals surface area contributed by atoms with Crippen LogP contribution in [0.1, 0.15) is 23.7 Å². The predicted molar refractivity (Wildman–Crippen MR) is 84.9 cm³/mol. The van der Waals surface area contributed by atoms with Crippen LogP contribution < -0.4 is 0 Å². The zero-order chi connectivity index (χ0) is 16.6. The summed E-state index contributed by atoms with van der Waals surface area (Å²) in [5.41, 5.74) is 1.29. The van der Waals surface area contributed by atoms with Crippen molar-refractivity contribution in [2.75, 3.05) is 11.5 Å². The first kappa shape index (κ1) is 15.7. The van der Waals surface area contributed by atoms with Gasteiger partial charge in [0.25, 0.3) is 0 Å². The summed E-state index contributed by atoms with van der Waals surface area (Å²) in [5.74, 6) is -1.79. The van der Waals surface area contributed by atoms with Crippen molar-refractivity contribution >= 4 is 32.5 Å². The maximum absolute atomic E-state index is 12.5. The van der Waals surface area contributed by atoms with E-state index < -0.39 is 27.8 Å². The molecule has 0 saturated carbocycles. The largest absolute Gasteiger partial charge is 0.454 e. The van der Waals surface area contributed by atoms with Crippen LogP contribution in [0.2, 0.25) is 0 Å². The maximum atomic E-state index is 12.5. The first-order valence-corrected chi connectivity index (χ1v) is 9.21. The van der Waals surface area contributed by atoms with E-state index in [1.807, 2.05) is 24.3 Å². The van der Waals surface area contributed by atoms with Gasteiger partial charge in [-0.2, -0.15) is 0 Å². The number of fused-ring (bicyclic) bond motifs is 1. The molecule has 0 spiro atoms. The predicted octanol–water partition coefficient (Wildman–Crippen LogP) is 1.72. The van der Waals surface area contributed by atoms with Crippen molar-refractivity contribution in [3.8, 4) is 0 Å². The van der Waals surface area contributed by atoms with Crippen LogP contribution >= 0.6 is 0 Å². The molecule has 1 saturated heterocycles. The van der Waals surface area contributed by atoms with Crippen LogP contribution in [0, 0.1) is 5.92 Å². The summed E-state index contributed by atoms with van der Waals surface area (Å²) in [4.78, 5) is 27.5. The van der Waals surface area contributed by atoms with Crippen molar-refractivity contribution in [3.63, 3.8) is 0 Å². The second-order valence-corrected chi connectivity index (χ2v) is 8.02. The number of carbonyl (C=O) groups excluding carboxylic acids is 2. The highest BCUT2D eigenvalue weighted by molar-refractivity contribution is 7.91. The number of esters is 1. The van der Waals surface area contributed by atoms with E-state index in [1.54, 1.807) is 6.20 Å². The van der Waals surface area contributed by atoms with Crippen LogP contribution in [-0.2, 0) is 19.4 Å². The summed E-state index contributed by atoms with van der Waals surface area (Å²) < 4.78 is 28.0. The van der Waals surface area contributed by atoms with Gasteiger partial charge in [-0.25, -0.2) is 8.42 Å². The smallest absolute Gasteiger partial charge is 0.310 e. The van der Waals surface area contributed by atoms with Crippen LogP contribution in [0.15, 0.2) is 30.5 Å². The second kappa shape index (κ2) is 5.81. The Kier molecular flexibility index (Phi) is 3.97. The average Bonchev–Trinajstić information content (AvgIpc) is 3.09. The summed E-state index contributed by atoms with van der Waals surface area (Å²) in [7, 11) is -3.16. The van der Waals surface area contributed by atoms with E-state index in [1.165, 1.54) is 6.92 Å². The Labute approximate surface area is 133 Å². The highest BCUT2D eigenvalue weighted by atomic mass is 32.2. The van der Waals surface area contributed by atoms with E-state index in [9.17, 15) is 18.0 Å². The molecule has 7 heteroatoms. The molecule has 2 heterocycles. The third-order valence-electron chi connectivity index (χ3n) is 4.08. The normalized spacial score (nSPS) is 21.2. The monoisotopic (exact) mass is 335 g/mol. The van der Waals surface area contributed by atoms with E-state index in [0.717, 1.165) is 10.9 Å². The molecule has 6 nitrogen and oxygen atoms in total. The summed E-state index contributed by atoms with van der Waals surface area (Å²) in [5, 5.41) is 0.767. The number of ether oxygens (including phenoxy) is 1. The van der Waals surface area contributed by atoms with Gasteiger partial charge in [-0.05, 0) is 19.4 Å². The molecule has 1 N–H and O–H groups in total. The molecule has 3 rings (SSSR count). The molecule has 1 aromatic carbocycles. The van der Waals surface area contributed by atoms with E-state index >= 15 is 0 Å². The number of benzene rings is 1. The minimum Gasteiger partial charge on any atom is -0.454 e. The minimum atomic E-state index is -3.16. The number of hydrogen-bond acceptors (Lipinski definition) is 5. The number of aromatic amines is 1. The fraction of sp³-hybridized carbons (Fsp3) is 0.375. The fourth-order valence-corrected chi connectivity index (χ4v) is 4.53. The third kappa shape index (κ3) is 3.14. The molecule has 1 aliphatic rings. The lowest BCUT2D eigenvalue weighted by atomic mass is 10.1. The third-order valence-corrected chi connectivity index (χ3v) is 5.85. The van der Waals surface area contributed by atoms with E-state index in [4.69, 9.17) is 4.74 Å².